The van der Waals surface area contributed by atoms with Crippen LogP contribution in [0.2, 0.25) is 5.02 Å². The highest BCUT2D eigenvalue weighted by molar-refractivity contribution is 7.88. The van der Waals surface area contributed by atoms with Crippen molar-refractivity contribution in [3.63, 3.8) is 0 Å². The van der Waals surface area contributed by atoms with Gasteiger partial charge in [0, 0.05) is 11.1 Å². The number of carbonyl (C=O) groups is 1. The Morgan fingerprint density at radius 2 is 2.18 bits per heavy atom. The number of allylic oxidation sites excluding steroid dienone is 1. The topological polar surface area (TPSA) is 83.5 Å². The first-order chi connectivity index (χ1) is 10.3. The second kappa shape index (κ2) is 6.76. The van der Waals surface area contributed by atoms with Gasteiger partial charge in [-0.15, -0.1) is 0 Å². The minimum atomic E-state index is -3.77. The van der Waals surface area contributed by atoms with Crippen molar-refractivity contribution in [1.82, 2.24) is 4.72 Å². The SMILES string of the molecule is O=C(O)[C@@H]1CC=C[C@@H](NS(=O)(=O)Cc2cc(F)ccc2Cl)C1. The van der Waals surface area contributed by atoms with E-state index in [0.29, 0.717) is 6.42 Å². The molecule has 8 heteroatoms. The van der Waals surface area contributed by atoms with Crippen LogP contribution >= 0.6 is 11.6 Å². The number of nitrogens with one attached hydrogen (secondary N) is 1. The Labute approximate surface area is 132 Å². The fourth-order valence-electron chi connectivity index (χ4n) is 2.31. The zero-order chi connectivity index (χ0) is 16.3. The number of rotatable bonds is 5. The van der Waals surface area contributed by atoms with E-state index in [1.54, 1.807) is 12.2 Å². The van der Waals surface area contributed by atoms with E-state index in [1.807, 2.05) is 0 Å². The zero-order valence-corrected chi connectivity index (χ0v) is 13.1. The van der Waals surface area contributed by atoms with Crippen LogP contribution in [0.5, 0.6) is 0 Å². The second-order valence-electron chi connectivity index (χ2n) is 5.15. The quantitative estimate of drug-likeness (QED) is 0.801. The summed E-state index contributed by atoms with van der Waals surface area (Å²) in [5.41, 5.74) is 0.156. The Bertz CT molecular complexity index is 705. The number of aliphatic carboxylic acids is 1. The van der Waals surface area contributed by atoms with Gasteiger partial charge in [-0.3, -0.25) is 4.79 Å². The van der Waals surface area contributed by atoms with E-state index >= 15 is 0 Å². The Hall–Kier alpha value is -1.44. The molecule has 2 N–H and O–H groups in total. The van der Waals surface area contributed by atoms with E-state index in [1.165, 1.54) is 6.07 Å². The predicted octanol–water partition coefficient (Wildman–Crippen LogP) is 2.32. The third-order valence-corrected chi connectivity index (χ3v) is 5.08. The van der Waals surface area contributed by atoms with Crippen molar-refractivity contribution in [2.45, 2.75) is 24.6 Å². The van der Waals surface area contributed by atoms with Crippen molar-refractivity contribution in [2.24, 2.45) is 5.92 Å². The van der Waals surface area contributed by atoms with Gasteiger partial charge in [-0.2, -0.15) is 0 Å². The van der Waals surface area contributed by atoms with Crippen LogP contribution in [0.4, 0.5) is 4.39 Å². The number of benzene rings is 1. The molecule has 1 aliphatic rings. The second-order valence-corrected chi connectivity index (χ2v) is 7.31. The molecule has 120 valence electrons. The van der Waals surface area contributed by atoms with Gasteiger partial charge in [-0.05, 0) is 36.6 Å². The summed E-state index contributed by atoms with van der Waals surface area (Å²) in [7, 11) is -3.77. The highest BCUT2D eigenvalue weighted by atomic mass is 35.5. The molecule has 5 nitrogen and oxygen atoms in total. The minimum Gasteiger partial charge on any atom is -0.481 e. The van der Waals surface area contributed by atoms with Crippen LogP contribution in [0.3, 0.4) is 0 Å². The summed E-state index contributed by atoms with van der Waals surface area (Å²) in [6, 6.07) is 2.92. The van der Waals surface area contributed by atoms with Gasteiger partial charge in [0.05, 0.1) is 11.7 Å². The molecule has 0 aromatic heterocycles. The molecule has 0 heterocycles. The molecular formula is C14H15ClFNO4S. The van der Waals surface area contributed by atoms with Crippen LogP contribution in [0.25, 0.3) is 0 Å². The monoisotopic (exact) mass is 347 g/mol. The maximum atomic E-state index is 13.2. The molecule has 1 aromatic carbocycles. The van der Waals surface area contributed by atoms with Gasteiger partial charge in [0.25, 0.3) is 0 Å². The molecular weight excluding hydrogens is 333 g/mol. The first-order valence-corrected chi connectivity index (χ1v) is 8.63. The molecule has 0 fully saturated rings. The Morgan fingerprint density at radius 1 is 1.45 bits per heavy atom. The molecule has 0 radical (unpaired) electrons. The van der Waals surface area contributed by atoms with E-state index in [4.69, 9.17) is 16.7 Å². The number of carboxylic acid groups (broad SMARTS) is 1. The molecule has 0 spiro atoms. The third kappa shape index (κ3) is 4.53. The number of hydrogen-bond donors (Lipinski definition) is 2. The molecule has 0 unspecified atom stereocenters. The molecule has 0 aliphatic heterocycles. The Balaban J connectivity index is 2.08. The largest absolute Gasteiger partial charge is 0.481 e. The van der Waals surface area contributed by atoms with E-state index in [2.05, 4.69) is 4.72 Å². The summed E-state index contributed by atoms with van der Waals surface area (Å²) in [6.45, 7) is 0. The number of halogens is 2. The van der Waals surface area contributed by atoms with Gasteiger partial charge >= 0.3 is 5.97 Å². The lowest BCUT2D eigenvalue weighted by Gasteiger charge is -2.22. The van der Waals surface area contributed by atoms with E-state index in [-0.39, 0.29) is 17.0 Å². The van der Waals surface area contributed by atoms with Crippen molar-refractivity contribution in [2.75, 3.05) is 0 Å². The van der Waals surface area contributed by atoms with Gasteiger partial charge in [0.15, 0.2) is 0 Å². The van der Waals surface area contributed by atoms with Crippen LogP contribution in [0.15, 0.2) is 30.4 Å². The number of hydrogen-bond acceptors (Lipinski definition) is 3. The van der Waals surface area contributed by atoms with Crippen LogP contribution < -0.4 is 4.72 Å². The highest BCUT2D eigenvalue weighted by Gasteiger charge is 2.26. The number of sulfonamides is 1. The summed E-state index contributed by atoms with van der Waals surface area (Å²) < 4.78 is 39.9. The smallest absolute Gasteiger partial charge is 0.306 e. The van der Waals surface area contributed by atoms with E-state index < -0.39 is 39.5 Å². The lowest BCUT2D eigenvalue weighted by atomic mass is 9.92. The average molecular weight is 348 g/mol. The van der Waals surface area contributed by atoms with Crippen molar-refractivity contribution in [3.8, 4) is 0 Å². The van der Waals surface area contributed by atoms with Gasteiger partial charge in [-0.1, -0.05) is 23.8 Å². The van der Waals surface area contributed by atoms with Crippen molar-refractivity contribution < 1.29 is 22.7 Å². The molecule has 0 saturated heterocycles. The lowest BCUT2D eigenvalue weighted by molar-refractivity contribution is -0.142. The normalized spacial score (nSPS) is 21.7. The molecule has 2 rings (SSSR count). The summed E-state index contributed by atoms with van der Waals surface area (Å²) >= 11 is 5.86. The maximum absolute atomic E-state index is 13.2. The Morgan fingerprint density at radius 3 is 2.86 bits per heavy atom. The number of carboxylic acids is 1. The molecule has 2 atom stereocenters. The summed E-state index contributed by atoms with van der Waals surface area (Å²) in [6.07, 6.45) is 3.83. The van der Waals surface area contributed by atoms with Gasteiger partial charge in [-0.25, -0.2) is 17.5 Å². The first-order valence-electron chi connectivity index (χ1n) is 6.60. The fraction of sp³-hybridized carbons (Fsp3) is 0.357. The molecule has 1 aromatic rings. The molecule has 0 bridgehead atoms. The molecule has 0 saturated carbocycles. The van der Waals surface area contributed by atoms with Gasteiger partial charge in [0.1, 0.15) is 5.82 Å². The van der Waals surface area contributed by atoms with Crippen LogP contribution in [0.1, 0.15) is 18.4 Å². The first kappa shape index (κ1) is 16.9. The maximum Gasteiger partial charge on any atom is 0.306 e. The highest BCUT2D eigenvalue weighted by Crippen LogP contribution is 2.22. The standard InChI is InChI=1S/C14H15ClFNO4S/c15-13-5-4-11(16)6-10(13)8-22(20,21)17-12-3-1-2-9(7-12)14(18)19/h1,3-6,9,12,17H,2,7-8H2,(H,18,19)/t9-,12-/m1/s1. The minimum absolute atomic E-state index is 0.156. The van der Waals surface area contributed by atoms with Gasteiger partial charge < -0.3 is 5.11 Å². The fourth-order valence-corrected chi connectivity index (χ4v) is 3.94. The van der Waals surface area contributed by atoms with Crippen molar-refractivity contribution in [1.29, 1.82) is 0 Å². The van der Waals surface area contributed by atoms with E-state index in [9.17, 15) is 17.6 Å². The zero-order valence-electron chi connectivity index (χ0n) is 11.5. The molecule has 22 heavy (non-hydrogen) atoms. The lowest BCUT2D eigenvalue weighted by Crippen LogP contribution is -2.38. The van der Waals surface area contributed by atoms with Crippen molar-refractivity contribution in [3.05, 3.63) is 46.8 Å². The molecule has 1 aliphatic carbocycles. The van der Waals surface area contributed by atoms with E-state index in [0.717, 1.165) is 12.1 Å². The van der Waals surface area contributed by atoms with Gasteiger partial charge in [0.2, 0.25) is 10.0 Å². The van der Waals surface area contributed by atoms with Crippen molar-refractivity contribution >= 4 is 27.6 Å². The summed E-state index contributed by atoms with van der Waals surface area (Å²) in [5.74, 6) is -2.61. The van der Waals surface area contributed by atoms with Crippen LogP contribution in [-0.4, -0.2) is 25.5 Å². The van der Waals surface area contributed by atoms with Crippen LogP contribution in [0, 0.1) is 11.7 Å². The molecule has 0 amide bonds. The predicted molar refractivity (Wildman–Crippen MR) is 80.5 cm³/mol. The average Bonchev–Trinajstić information content (AvgIpc) is 2.42. The third-order valence-electron chi connectivity index (χ3n) is 3.36. The summed E-state index contributed by atoms with van der Waals surface area (Å²) in [4.78, 5) is 11.0. The Kier molecular flexibility index (Phi) is 5.20. The van der Waals surface area contributed by atoms with Crippen LogP contribution in [-0.2, 0) is 20.6 Å². The summed E-state index contributed by atoms with van der Waals surface area (Å²) in [5, 5.41) is 9.15.